The third kappa shape index (κ3) is 1.75. The van der Waals surface area contributed by atoms with Gasteiger partial charge in [0.15, 0.2) is 0 Å². The highest BCUT2D eigenvalue weighted by atomic mass is 19.1. The van der Waals surface area contributed by atoms with Crippen molar-refractivity contribution in [3.63, 3.8) is 0 Å². The van der Waals surface area contributed by atoms with Crippen LogP contribution < -0.4 is 0 Å². The molecule has 0 aliphatic rings. The second-order valence-electron chi connectivity index (χ2n) is 3.62. The van der Waals surface area contributed by atoms with E-state index < -0.39 is 5.95 Å². The number of hydrogen-bond donors (Lipinski definition) is 1. The highest BCUT2D eigenvalue weighted by Gasteiger charge is 2.06. The first-order valence-electron chi connectivity index (χ1n) is 4.99. The van der Waals surface area contributed by atoms with Gasteiger partial charge in [0.2, 0.25) is 5.95 Å². The van der Waals surface area contributed by atoms with Crippen LogP contribution in [-0.2, 0) is 0 Å². The topological polar surface area (TPSA) is 41.6 Å². The molecule has 3 rings (SSSR count). The van der Waals surface area contributed by atoms with E-state index in [4.69, 9.17) is 0 Å². The number of fused-ring (bicyclic) bond motifs is 1. The van der Waals surface area contributed by atoms with Gasteiger partial charge in [-0.05, 0) is 30.3 Å². The van der Waals surface area contributed by atoms with Crippen molar-refractivity contribution in [2.75, 3.05) is 0 Å². The molecule has 0 saturated heterocycles. The molecule has 3 nitrogen and oxygen atoms in total. The van der Waals surface area contributed by atoms with E-state index >= 15 is 0 Å². The molecule has 0 radical (unpaired) electrons. The van der Waals surface area contributed by atoms with Crippen LogP contribution in [0.3, 0.4) is 0 Å². The van der Waals surface area contributed by atoms with E-state index in [0.717, 1.165) is 0 Å². The van der Waals surface area contributed by atoms with E-state index in [1.807, 2.05) is 0 Å². The lowest BCUT2D eigenvalue weighted by atomic mass is 10.3. The van der Waals surface area contributed by atoms with Gasteiger partial charge in [-0.15, -0.1) is 0 Å². The van der Waals surface area contributed by atoms with Crippen molar-refractivity contribution < 1.29 is 8.78 Å². The van der Waals surface area contributed by atoms with Crippen molar-refractivity contribution in [1.82, 2.24) is 15.0 Å². The minimum absolute atomic E-state index is 0.329. The Balaban J connectivity index is 2.14. The lowest BCUT2D eigenvalue weighted by Crippen LogP contribution is -1.84. The third-order valence-corrected chi connectivity index (χ3v) is 2.44. The number of nitrogens with zero attached hydrogens (tertiary/aromatic N) is 2. The number of benzene rings is 1. The average Bonchev–Trinajstić information content (AvgIpc) is 2.72. The Hall–Kier alpha value is -2.30. The molecule has 0 atom stereocenters. The SMILES string of the molecule is Fc1ccc2nc(-c3ccc(F)nc3)[nH]c2c1. The van der Waals surface area contributed by atoms with Crippen molar-refractivity contribution in [2.24, 2.45) is 0 Å². The molecule has 1 N–H and O–H groups in total. The van der Waals surface area contributed by atoms with Gasteiger partial charge in [0.05, 0.1) is 11.0 Å². The smallest absolute Gasteiger partial charge is 0.212 e. The van der Waals surface area contributed by atoms with Gasteiger partial charge >= 0.3 is 0 Å². The first-order chi connectivity index (χ1) is 8.22. The zero-order valence-electron chi connectivity index (χ0n) is 8.61. The van der Waals surface area contributed by atoms with Gasteiger partial charge in [0.25, 0.3) is 0 Å². The van der Waals surface area contributed by atoms with Crippen molar-refractivity contribution >= 4 is 11.0 Å². The minimum atomic E-state index is -0.545. The largest absolute Gasteiger partial charge is 0.338 e. The summed E-state index contributed by atoms with van der Waals surface area (Å²) in [7, 11) is 0. The Bertz CT molecular complexity index is 674. The monoisotopic (exact) mass is 231 g/mol. The molecule has 1 aromatic carbocycles. The Morgan fingerprint density at radius 1 is 1.06 bits per heavy atom. The highest BCUT2D eigenvalue weighted by molar-refractivity contribution is 5.79. The number of halogens is 2. The van der Waals surface area contributed by atoms with Crippen molar-refractivity contribution in [3.8, 4) is 11.4 Å². The molecule has 0 fully saturated rings. The maximum Gasteiger partial charge on any atom is 0.212 e. The summed E-state index contributed by atoms with van der Waals surface area (Å²) in [6.45, 7) is 0. The van der Waals surface area contributed by atoms with Gasteiger partial charge in [0, 0.05) is 11.8 Å². The van der Waals surface area contributed by atoms with Crippen LogP contribution in [0.5, 0.6) is 0 Å². The molecule has 0 aliphatic heterocycles. The first kappa shape index (κ1) is 9.89. The van der Waals surface area contributed by atoms with Gasteiger partial charge in [-0.3, -0.25) is 0 Å². The maximum absolute atomic E-state index is 13.0. The summed E-state index contributed by atoms with van der Waals surface area (Å²) in [5.74, 6) is -0.334. The van der Waals surface area contributed by atoms with E-state index in [1.165, 1.54) is 24.4 Å². The summed E-state index contributed by atoms with van der Waals surface area (Å²) in [5, 5.41) is 0. The summed E-state index contributed by atoms with van der Waals surface area (Å²) in [4.78, 5) is 10.8. The number of aromatic amines is 1. The van der Waals surface area contributed by atoms with Crippen molar-refractivity contribution in [2.45, 2.75) is 0 Å². The van der Waals surface area contributed by atoms with Crippen LogP contribution in [0.1, 0.15) is 0 Å². The van der Waals surface area contributed by atoms with E-state index in [2.05, 4.69) is 15.0 Å². The third-order valence-electron chi connectivity index (χ3n) is 2.44. The molecule has 0 spiro atoms. The fourth-order valence-corrected chi connectivity index (χ4v) is 1.63. The second kappa shape index (κ2) is 3.62. The molecule has 0 unspecified atom stereocenters. The molecule has 2 heterocycles. The Morgan fingerprint density at radius 3 is 2.71 bits per heavy atom. The van der Waals surface area contributed by atoms with E-state index in [0.29, 0.717) is 22.4 Å². The first-order valence-corrected chi connectivity index (χ1v) is 4.99. The number of nitrogens with one attached hydrogen (secondary N) is 1. The molecule has 0 amide bonds. The predicted molar refractivity (Wildman–Crippen MR) is 59.2 cm³/mol. The highest BCUT2D eigenvalue weighted by Crippen LogP contribution is 2.20. The van der Waals surface area contributed by atoms with Crippen LogP contribution in [-0.4, -0.2) is 15.0 Å². The van der Waals surface area contributed by atoms with E-state index in [-0.39, 0.29) is 5.82 Å². The van der Waals surface area contributed by atoms with Crippen LogP contribution in [0.15, 0.2) is 36.5 Å². The minimum Gasteiger partial charge on any atom is -0.338 e. The zero-order valence-corrected chi connectivity index (χ0v) is 8.61. The molecular formula is C12H7F2N3. The second-order valence-corrected chi connectivity index (χ2v) is 3.62. The fourth-order valence-electron chi connectivity index (χ4n) is 1.63. The summed E-state index contributed by atoms with van der Waals surface area (Å²) in [5.41, 5.74) is 1.91. The maximum atomic E-state index is 13.0. The summed E-state index contributed by atoms with van der Waals surface area (Å²) in [6.07, 6.45) is 1.38. The molecular weight excluding hydrogens is 224 g/mol. The molecule has 84 valence electrons. The molecule has 2 aromatic heterocycles. The van der Waals surface area contributed by atoms with Crippen LogP contribution >= 0.6 is 0 Å². The molecule has 3 aromatic rings. The molecule has 17 heavy (non-hydrogen) atoms. The molecule has 0 bridgehead atoms. The summed E-state index contributed by atoms with van der Waals surface area (Å²) >= 11 is 0. The number of H-pyrrole nitrogens is 1. The molecule has 0 saturated carbocycles. The van der Waals surface area contributed by atoms with Crippen LogP contribution in [0.4, 0.5) is 8.78 Å². The standard InChI is InChI=1S/C12H7F2N3/c13-8-2-3-9-10(5-8)17-12(16-9)7-1-4-11(14)15-6-7/h1-6H,(H,16,17). The quantitative estimate of drug-likeness (QED) is 0.654. The average molecular weight is 231 g/mol. The number of rotatable bonds is 1. The van der Waals surface area contributed by atoms with Crippen LogP contribution in [0, 0.1) is 11.8 Å². The van der Waals surface area contributed by atoms with Gasteiger partial charge in [-0.2, -0.15) is 4.39 Å². The Morgan fingerprint density at radius 2 is 1.94 bits per heavy atom. The van der Waals surface area contributed by atoms with Crippen LogP contribution in [0.2, 0.25) is 0 Å². The lowest BCUT2D eigenvalue weighted by molar-refractivity contribution is 0.584. The van der Waals surface area contributed by atoms with Gasteiger partial charge in [-0.25, -0.2) is 14.4 Å². The lowest BCUT2D eigenvalue weighted by Gasteiger charge is -1.94. The number of pyridine rings is 1. The Labute approximate surface area is 95.1 Å². The van der Waals surface area contributed by atoms with Crippen molar-refractivity contribution in [1.29, 1.82) is 0 Å². The molecule has 5 heteroatoms. The van der Waals surface area contributed by atoms with E-state index in [1.54, 1.807) is 12.1 Å². The van der Waals surface area contributed by atoms with Gasteiger partial charge < -0.3 is 4.98 Å². The predicted octanol–water partition coefficient (Wildman–Crippen LogP) is 2.90. The van der Waals surface area contributed by atoms with E-state index in [9.17, 15) is 8.78 Å². The van der Waals surface area contributed by atoms with Gasteiger partial charge in [0.1, 0.15) is 11.6 Å². The zero-order chi connectivity index (χ0) is 11.8. The molecule has 0 aliphatic carbocycles. The van der Waals surface area contributed by atoms with Crippen LogP contribution in [0.25, 0.3) is 22.4 Å². The van der Waals surface area contributed by atoms with Crippen molar-refractivity contribution in [3.05, 3.63) is 48.3 Å². The normalized spacial score (nSPS) is 10.9. The summed E-state index contributed by atoms with van der Waals surface area (Å²) < 4.78 is 25.7. The summed E-state index contributed by atoms with van der Waals surface area (Å²) in [6, 6.07) is 7.11. The fraction of sp³-hybridized carbons (Fsp3) is 0. The number of hydrogen-bond acceptors (Lipinski definition) is 2. The Kier molecular flexibility index (Phi) is 2.11. The van der Waals surface area contributed by atoms with Gasteiger partial charge in [-0.1, -0.05) is 0 Å². The number of imidazole rings is 1. The number of aromatic nitrogens is 3.